The summed E-state index contributed by atoms with van der Waals surface area (Å²) in [7, 11) is 0. The zero-order chi connectivity index (χ0) is 13.0. The molecule has 3 heteroatoms. The Labute approximate surface area is 110 Å². The Morgan fingerprint density at radius 3 is 2.50 bits per heavy atom. The van der Waals surface area contributed by atoms with E-state index in [9.17, 15) is 0 Å². The van der Waals surface area contributed by atoms with E-state index < -0.39 is 0 Å². The van der Waals surface area contributed by atoms with Crippen molar-refractivity contribution in [3.8, 4) is 0 Å². The summed E-state index contributed by atoms with van der Waals surface area (Å²) in [4.78, 5) is 7.04. The molecule has 2 rings (SSSR count). The van der Waals surface area contributed by atoms with Gasteiger partial charge < -0.3 is 10.6 Å². The molecule has 0 aromatic carbocycles. The van der Waals surface area contributed by atoms with Crippen molar-refractivity contribution < 1.29 is 0 Å². The van der Waals surface area contributed by atoms with Crippen molar-refractivity contribution in [2.24, 2.45) is 5.73 Å². The van der Waals surface area contributed by atoms with Gasteiger partial charge in [-0.15, -0.1) is 0 Å². The van der Waals surface area contributed by atoms with Crippen molar-refractivity contribution >= 4 is 5.82 Å². The lowest BCUT2D eigenvalue weighted by molar-refractivity contribution is 0.688. The van der Waals surface area contributed by atoms with Gasteiger partial charge in [0.2, 0.25) is 0 Å². The summed E-state index contributed by atoms with van der Waals surface area (Å²) in [6.07, 6.45) is 8.23. The molecule has 1 atom stereocenters. The number of aryl methyl sites for hydroxylation is 1. The number of nitrogens with zero attached hydrogens (tertiary/aromatic N) is 2. The number of aromatic nitrogens is 1. The van der Waals surface area contributed by atoms with Gasteiger partial charge in [0.1, 0.15) is 5.82 Å². The maximum Gasteiger partial charge on any atom is 0.128 e. The molecule has 1 fully saturated rings. The van der Waals surface area contributed by atoms with Crippen LogP contribution in [0.3, 0.4) is 0 Å². The first-order chi connectivity index (χ1) is 8.72. The highest BCUT2D eigenvalue weighted by Crippen LogP contribution is 2.23. The maximum absolute atomic E-state index is 6.10. The van der Waals surface area contributed by atoms with Crippen molar-refractivity contribution in [1.29, 1.82) is 0 Å². The largest absolute Gasteiger partial charge is 0.357 e. The average molecular weight is 247 g/mol. The van der Waals surface area contributed by atoms with E-state index in [1.54, 1.807) is 0 Å². The summed E-state index contributed by atoms with van der Waals surface area (Å²) in [6.45, 7) is 6.55. The monoisotopic (exact) mass is 247 g/mol. The van der Waals surface area contributed by atoms with Gasteiger partial charge in [-0.2, -0.15) is 0 Å². The van der Waals surface area contributed by atoms with Crippen LogP contribution in [0.2, 0.25) is 0 Å². The van der Waals surface area contributed by atoms with Crippen molar-refractivity contribution in [2.75, 3.05) is 18.0 Å². The smallest absolute Gasteiger partial charge is 0.128 e. The van der Waals surface area contributed by atoms with Gasteiger partial charge in [0.25, 0.3) is 0 Å². The third-order valence-corrected chi connectivity index (χ3v) is 3.91. The van der Waals surface area contributed by atoms with Crippen molar-refractivity contribution in [3.63, 3.8) is 0 Å². The van der Waals surface area contributed by atoms with Crippen LogP contribution in [0.1, 0.15) is 56.2 Å². The van der Waals surface area contributed by atoms with Crippen molar-refractivity contribution in [1.82, 2.24) is 4.98 Å². The first-order valence-electron chi connectivity index (χ1n) is 7.19. The third-order valence-electron chi connectivity index (χ3n) is 3.91. The summed E-state index contributed by atoms with van der Waals surface area (Å²) >= 11 is 0. The second kappa shape index (κ2) is 6.19. The highest BCUT2D eigenvalue weighted by Gasteiger charge is 2.13. The molecule has 1 aromatic rings. The first-order valence-corrected chi connectivity index (χ1v) is 7.19. The lowest BCUT2D eigenvalue weighted by atomic mass is 10.0. The van der Waals surface area contributed by atoms with E-state index in [1.165, 1.54) is 36.8 Å². The van der Waals surface area contributed by atoms with Crippen LogP contribution in [0.25, 0.3) is 0 Å². The zero-order valence-corrected chi connectivity index (χ0v) is 11.7. The van der Waals surface area contributed by atoms with Crippen LogP contribution in [0.4, 0.5) is 5.82 Å². The Balaban J connectivity index is 2.16. The quantitative estimate of drug-likeness (QED) is 0.892. The first kappa shape index (κ1) is 13.3. The summed E-state index contributed by atoms with van der Waals surface area (Å²) in [5, 5.41) is 0. The molecule has 0 saturated carbocycles. The van der Waals surface area contributed by atoms with Gasteiger partial charge in [0.15, 0.2) is 0 Å². The maximum atomic E-state index is 6.10. The van der Waals surface area contributed by atoms with E-state index in [0.29, 0.717) is 0 Å². The van der Waals surface area contributed by atoms with Gasteiger partial charge >= 0.3 is 0 Å². The van der Waals surface area contributed by atoms with Gasteiger partial charge in [0.05, 0.1) is 0 Å². The minimum absolute atomic E-state index is 0.121. The van der Waals surface area contributed by atoms with E-state index in [4.69, 9.17) is 5.73 Å². The Kier molecular flexibility index (Phi) is 4.59. The topological polar surface area (TPSA) is 42.1 Å². The van der Waals surface area contributed by atoms with E-state index in [-0.39, 0.29) is 6.04 Å². The van der Waals surface area contributed by atoms with Crippen LogP contribution >= 0.6 is 0 Å². The van der Waals surface area contributed by atoms with Crippen molar-refractivity contribution in [2.45, 2.75) is 52.0 Å². The van der Waals surface area contributed by atoms with Crippen molar-refractivity contribution in [3.05, 3.63) is 23.4 Å². The molecule has 18 heavy (non-hydrogen) atoms. The second-order valence-electron chi connectivity index (χ2n) is 5.32. The van der Waals surface area contributed by atoms with Crippen LogP contribution in [0.15, 0.2) is 12.3 Å². The fraction of sp³-hybridized carbons (Fsp3) is 0.667. The number of nitrogens with two attached hydrogens (primary N) is 1. The fourth-order valence-electron chi connectivity index (χ4n) is 2.63. The van der Waals surface area contributed by atoms with Gasteiger partial charge in [-0.25, -0.2) is 4.98 Å². The van der Waals surface area contributed by atoms with E-state index in [0.717, 1.165) is 25.3 Å². The van der Waals surface area contributed by atoms with Crippen LogP contribution in [0, 0.1) is 6.92 Å². The lowest BCUT2D eigenvalue weighted by Gasteiger charge is -2.23. The molecule has 1 aliphatic heterocycles. The molecule has 0 amide bonds. The van der Waals surface area contributed by atoms with Crippen LogP contribution in [0.5, 0.6) is 0 Å². The normalized spacial score (nSPS) is 18.5. The SMILES string of the molecule is CC[C@H](N)c1cnc(N2CCCCCC2)cc1C. The molecule has 2 N–H and O–H groups in total. The van der Waals surface area contributed by atoms with Gasteiger partial charge in [-0.3, -0.25) is 0 Å². The van der Waals surface area contributed by atoms with Crippen LogP contribution < -0.4 is 10.6 Å². The van der Waals surface area contributed by atoms with Crippen LogP contribution in [-0.4, -0.2) is 18.1 Å². The fourth-order valence-corrected chi connectivity index (χ4v) is 2.63. The molecule has 1 aromatic heterocycles. The molecule has 0 aliphatic carbocycles. The zero-order valence-electron chi connectivity index (χ0n) is 11.7. The van der Waals surface area contributed by atoms with Gasteiger partial charge in [0, 0.05) is 25.3 Å². The summed E-state index contributed by atoms with van der Waals surface area (Å²) < 4.78 is 0. The molecule has 1 aliphatic rings. The molecular formula is C15H25N3. The molecule has 0 spiro atoms. The van der Waals surface area contributed by atoms with Gasteiger partial charge in [-0.05, 0) is 43.4 Å². The molecule has 0 bridgehead atoms. The number of pyridine rings is 1. The average Bonchev–Trinajstić information content (AvgIpc) is 2.66. The molecule has 1 saturated heterocycles. The number of rotatable bonds is 3. The Bertz CT molecular complexity index is 381. The Morgan fingerprint density at radius 1 is 1.28 bits per heavy atom. The summed E-state index contributed by atoms with van der Waals surface area (Å²) in [5.74, 6) is 1.13. The summed E-state index contributed by atoms with van der Waals surface area (Å²) in [6, 6.07) is 2.33. The standard InChI is InChI=1S/C15H25N3/c1-3-14(16)13-11-17-15(10-12(13)2)18-8-6-4-5-7-9-18/h10-11,14H,3-9,16H2,1-2H3/t14-/m0/s1. The van der Waals surface area contributed by atoms with Gasteiger partial charge in [-0.1, -0.05) is 19.8 Å². The molecule has 0 unspecified atom stereocenters. The molecule has 100 valence electrons. The molecule has 2 heterocycles. The predicted molar refractivity (Wildman–Crippen MR) is 76.9 cm³/mol. The second-order valence-corrected chi connectivity index (χ2v) is 5.32. The highest BCUT2D eigenvalue weighted by atomic mass is 15.2. The molecular weight excluding hydrogens is 222 g/mol. The molecule has 0 radical (unpaired) electrons. The number of hydrogen-bond donors (Lipinski definition) is 1. The Morgan fingerprint density at radius 2 is 1.94 bits per heavy atom. The number of anilines is 1. The lowest BCUT2D eigenvalue weighted by Crippen LogP contribution is -2.25. The number of hydrogen-bond acceptors (Lipinski definition) is 3. The minimum Gasteiger partial charge on any atom is -0.357 e. The molecule has 3 nitrogen and oxygen atoms in total. The summed E-state index contributed by atoms with van der Waals surface area (Å²) in [5.41, 5.74) is 8.56. The predicted octanol–water partition coefficient (Wildman–Crippen LogP) is 3.18. The van der Waals surface area contributed by atoms with Crippen LogP contribution in [-0.2, 0) is 0 Å². The third kappa shape index (κ3) is 3.02. The van der Waals surface area contributed by atoms with E-state index in [2.05, 4.69) is 29.8 Å². The van der Waals surface area contributed by atoms with E-state index >= 15 is 0 Å². The Hall–Kier alpha value is -1.09. The highest BCUT2D eigenvalue weighted by molar-refractivity contribution is 5.44. The minimum atomic E-state index is 0.121. The van der Waals surface area contributed by atoms with E-state index in [1.807, 2.05) is 6.20 Å².